The van der Waals surface area contributed by atoms with Gasteiger partial charge < -0.3 is 15.0 Å². The van der Waals surface area contributed by atoms with Crippen molar-refractivity contribution < 1.29 is 9.26 Å². The zero-order valence-corrected chi connectivity index (χ0v) is 5.83. The molecule has 0 aromatic carbocycles. The Hall–Kier alpha value is -1.03. The molecule has 0 aliphatic heterocycles. The van der Waals surface area contributed by atoms with E-state index in [9.17, 15) is 0 Å². The van der Waals surface area contributed by atoms with Crippen LogP contribution in [0.4, 0.5) is 0 Å². The van der Waals surface area contributed by atoms with Crippen LogP contribution < -0.4 is 10.5 Å². The first kappa shape index (κ1) is 7.08. The number of ether oxygens (including phenoxy) is 1. The maximum Gasteiger partial charge on any atom is 0.254 e. The molecule has 0 radical (unpaired) electrons. The highest BCUT2D eigenvalue weighted by molar-refractivity contribution is 5.09. The van der Waals surface area contributed by atoms with Crippen molar-refractivity contribution in [3.8, 4) is 5.88 Å². The largest absolute Gasteiger partial charge is 0.474 e. The smallest absolute Gasteiger partial charge is 0.254 e. The molecule has 1 aromatic heterocycles. The molecule has 0 aliphatic rings. The van der Waals surface area contributed by atoms with Gasteiger partial charge in [0.25, 0.3) is 5.88 Å². The van der Waals surface area contributed by atoms with E-state index in [0.29, 0.717) is 19.0 Å². The number of aryl methyl sites for hydroxylation is 1. The molecule has 0 saturated heterocycles. The molecule has 0 amide bonds. The van der Waals surface area contributed by atoms with Crippen LogP contribution in [0, 0.1) is 6.92 Å². The van der Waals surface area contributed by atoms with Crippen LogP contribution in [-0.4, -0.2) is 18.3 Å². The Balaban J connectivity index is 2.42. The van der Waals surface area contributed by atoms with Gasteiger partial charge in [-0.3, -0.25) is 0 Å². The van der Waals surface area contributed by atoms with Crippen molar-refractivity contribution >= 4 is 0 Å². The van der Waals surface area contributed by atoms with Crippen LogP contribution in [0.5, 0.6) is 5.88 Å². The minimum absolute atomic E-state index is 0.478. The summed E-state index contributed by atoms with van der Waals surface area (Å²) in [7, 11) is 0. The standard InChI is InChI=1S/C6H10N2O2/c1-5-4-6(8-10-5)9-3-2-7/h4H,2-3,7H2,1H3. The van der Waals surface area contributed by atoms with E-state index >= 15 is 0 Å². The SMILES string of the molecule is Cc1cc(OCCN)no1. The summed E-state index contributed by atoms with van der Waals surface area (Å²) in [5.74, 6) is 1.25. The molecule has 56 valence electrons. The lowest BCUT2D eigenvalue weighted by molar-refractivity contribution is 0.284. The number of rotatable bonds is 3. The zero-order chi connectivity index (χ0) is 7.40. The number of aromatic nitrogens is 1. The fourth-order valence-corrected chi connectivity index (χ4v) is 0.575. The van der Waals surface area contributed by atoms with Gasteiger partial charge in [0.05, 0.1) is 0 Å². The molecule has 1 heterocycles. The first-order valence-corrected chi connectivity index (χ1v) is 3.09. The average Bonchev–Trinajstić information content (AvgIpc) is 2.31. The molecular weight excluding hydrogens is 132 g/mol. The van der Waals surface area contributed by atoms with Crippen molar-refractivity contribution in [3.63, 3.8) is 0 Å². The molecule has 4 heteroatoms. The molecule has 0 aliphatic carbocycles. The van der Waals surface area contributed by atoms with Crippen LogP contribution >= 0.6 is 0 Å². The van der Waals surface area contributed by atoms with Gasteiger partial charge in [-0.25, -0.2) is 0 Å². The van der Waals surface area contributed by atoms with Crippen molar-refractivity contribution in [1.29, 1.82) is 0 Å². The molecular formula is C6H10N2O2. The van der Waals surface area contributed by atoms with Gasteiger partial charge in [0.15, 0.2) is 0 Å². The number of nitrogens with two attached hydrogens (primary N) is 1. The van der Waals surface area contributed by atoms with E-state index in [0.717, 1.165) is 5.76 Å². The lowest BCUT2D eigenvalue weighted by Crippen LogP contribution is -2.10. The average molecular weight is 142 g/mol. The van der Waals surface area contributed by atoms with Crippen molar-refractivity contribution in [2.24, 2.45) is 5.73 Å². The van der Waals surface area contributed by atoms with E-state index in [1.807, 2.05) is 6.92 Å². The van der Waals surface area contributed by atoms with Crippen molar-refractivity contribution in [1.82, 2.24) is 5.16 Å². The van der Waals surface area contributed by atoms with E-state index in [4.69, 9.17) is 15.0 Å². The molecule has 0 atom stereocenters. The summed E-state index contributed by atoms with van der Waals surface area (Å²) in [6, 6.07) is 1.72. The maximum atomic E-state index is 5.20. The Bertz CT molecular complexity index is 197. The molecule has 1 rings (SSSR count). The summed E-state index contributed by atoms with van der Waals surface area (Å²) in [6.45, 7) is 2.78. The number of nitrogens with zero attached hydrogens (tertiary/aromatic N) is 1. The summed E-state index contributed by atoms with van der Waals surface area (Å²) in [5.41, 5.74) is 5.20. The monoisotopic (exact) mass is 142 g/mol. The van der Waals surface area contributed by atoms with E-state index in [1.54, 1.807) is 6.07 Å². The van der Waals surface area contributed by atoms with Crippen molar-refractivity contribution in [3.05, 3.63) is 11.8 Å². The molecule has 2 N–H and O–H groups in total. The highest BCUT2D eigenvalue weighted by Gasteiger charge is 1.97. The van der Waals surface area contributed by atoms with E-state index in [1.165, 1.54) is 0 Å². The normalized spacial score (nSPS) is 9.80. The lowest BCUT2D eigenvalue weighted by atomic mass is 10.5. The Kier molecular flexibility index (Phi) is 2.28. The minimum Gasteiger partial charge on any atom is -0.474 e. The van der Waals surface area contributed by atoms with Crippen LogP contribution in [-0.2, 0) is 0 Å². The molecule has 4 nitrogen and oxygen atoms in total. The number of hydrogen-bond acceptors (Lipinski definition) is 4. The van der Waals surface area contributed by atoms with Gasteiger partial charge in [-0.2, -0.15) is 0 Å². The fraction of sp³-hybridized carbons (Fsp3) is 0.500. The highest BCUT2D eigenvalue weighted by atomic mass is 16.5. The van der Waals surface area contributed by atoms with Crippen LogP contribution in [0.1, 0.15) is 5.76 Å². The first-order chi connectivity index (χ1) is 4.83. The molecule has 0 fully saturated rings. The van der Waals surface area contributed by atoms with Crippen molar-refractivity contribution in [2.45, 2.75) is 6.92 Å². The van der Waals surface area contributed by atoms with Gasteiger partial charge in [0.1, 0.15) is 12.4 Å². The Labute approximate surface area is 58.9 Å². The van der Waals surface area contributed by atoms with Gasteiger partial charge in [-0.15, -0.1) is 0 Å². The summed E-state index contributed by atoms with van der Waals surface area (Å²) in [5, 5.41) is 3.60. The van der Waals surface area contributed by atoms with Gasteiger partial charge in [0.2, 0.25) is 0 Å². The molecule has 0 saturated carbocycles. The predicted molar refractivity (Wildman–Crippen MR) is 35.8 cm³/mol. The van der Waals surface area contributed by atoms with E-state index < -0.39 is 0 Å². The quantitative estimate of drug-likeness (QED) is 0.660. The van der Waals surface area contributed by atoms with Gasteiger partial charge in [0, 0.05) is 12.6 Å². The molecule has 10 heavy (non-hydrogen) atoms. The van der Waals surface area contributed by atoms with E-state index in [-0.39, 0.29) is 0 Å². The Morgan fingerprint density at radius 3 is 3.10 bits per heavy atom. The van der Waals surface area contributed by atoms with Crippen LogP contribution in [0.25, 0.3) is 0 Å². The van der Waals surface area contributed by atoms with Crippen molar-refractivity contribution in [2.75, 3.05) is 13.2 Å². The highest BCUT2D eigenvalue weighted by Crippen LogP contribution is 2.08. The predicted octanol–water partition coefficient (Wildman–Crippen LogP) is 0.321. The summed E-state index contributed by atoms with van der Waals surface area (Å²) in [4.78, 5) is 0. The maximum absolute atomic E-state index is 5.20. The van der Waals surface area contributed by atoms with Crippen LogP contribution in [0.2, 0.25) is 0 Å². The third-order valence-corrected chi connectivity index (χ3v) is 0.974. The lowest BCUT2D eigenvalue weighted by Gasteiger charge is -1.95. The second kappa shape index (κ2) is 3.22. The molecule has 0 spiro atoms. The van der Waals surface area contributed by atoms with Gasteiger partial charge in [-0.1, -0.05) is 0 Å². The molecule has 0 bridgehead atoms. The topological polar surface area (TPSA) is 61.3 Å². The third-order valence-electron chi connectivity index (χ3n) is 0.974. The minimum atomic E-state index is 0.478. The zero-order valence-electron chi connectivity index (χ0n) is 5.83. The number of hydrogen-bond donors (Lipinski definition) is 1. The van der Waals surface area contributed by atoms with Gasteiger partial charge in [-0.05, 0) is 12.1 Å². The third kappa shape index (κ3) is 1.73. The Morgan fingerprint density at radius 1 is 1.80 bits per heavy atom. The first-order valence-electron chi connectivity index (χ1n) is 3.09. The Morgan fingerprint density at radius 2 is 2.60 bits per heavy atom. The second-order valence-electron chi connectivity index (χ2n) is 1.91. The van der Waals surface area contributed by atoms with Crippen LogP contribution in [0.3, 0.4) is 0 Å². The van der Waals surface area contributed by atoms with E-state index in [2.05, 4.69) is 5.16 Å². The fourth-order valence-electron chi connectivity index (χ4n) is 0.575. The summed E-state index contributed by atoms with van der Waals surface area (Å²) >= 11 is 0. The van der Waals surface area contributed by atoms with Gasteiger partial charge >= 0.3 is 0 Å². The van der Waals surface area contributed by atoms with Crippen LogP contribution in [0.15, 0.2) is 10.6 Å². The molecule has 1 aromatic rings. The summed E-state index contributed by atoms with van der Waals surface area (Å²) in [6.07, 6.45) is 0. The second-order valence-corrected chi connectivity index (χ2v) is 1.91. The summed E-state index contributed by atoms with van der Waals surface area (Å²) < 4.78 is 9.79. The molecule has 0 unspecified atom stereocenters.